The number of nitro groups is 1. The molecule has 2 fully saturated rings. The van der Waals surface area contributed by atoms with E-state index in [4.69, 9.17) is 4.74 Å². The number of carbonyl (C=O) groups is 3. The van der Waals surface area contributed by atoms with E-state index in [1.807, 2.05) is 0 Å². The van der Waals surface area contributed by atoms with E-state index in [1.54, 1.807) is 0 Å². The summed E-state index contributed by atoms with van der Waals surface area (Å²) in [5, 5.41) is 26.4. The van der Waals surface area contributed by atoms with Gasteiger partial charge < -0.3 is 14.7 Å². The number of benzene rings is 1. The first-order chi connectivity index (χ1) is 15.5. The average Bonchev–Trinajstić information content (AvgIpc) is 3.26. The second kappa shape index (κ2) is 7.61. The molecule has 0 unspecified atom stereocenters. The number of sulfone groups is 1. The second-order valence-corrected chi connectivity index (χ2v) is 10.4. The third-order valence-corrected chi connectivity index (χ3v) is 8.55. The molecule has 0 bridgehead atoms. The highest BCUT2D eigenvalue weighted by Crippen LogP contribution is 2.46. The van der Waals surface area contributed by atoms with Crippen molar-refractivity contribution in [1.82, 2.24) is 19.9 Å². The highest BCUT2D eigenvalue weighted by molar-refractivity contribution is 7.93. The first kappa shape index (κ1) is 22.3. The molecule has 1 N–H and O–H groups in total. The Morgan fingerprint density at radius 1 is 1.33 bits per heavy atom. The summed E-state index contributed by atoms with van der Waals surface area (Å²) in [5.41, 5.74) is 0.126. The number of carboxylic acid groups (broad SMARTS) is 1. The van der Waals surface area contributed by atoms with Crippen molar-refractivity contribution < 1.29 is 37.6 Å². The highest BCUT2D eigenvalue weighted by atomic mass is 32.2. The number of nitrogens with zero attached hydrogens (tertiary/aromatic N) is 5. The van der Waals surface area contributed by atoms with E-state index in [2.05, 4.69) is 10.3 Å². The van der Waals surface area contributed by atoms with Gasteiger partial charge in [-0.3, -0.25) is 14.9 Å². The zero-order chi connectivity index (χ0) is 24.1. The molecule has 2 aliphatic heterocycles. The van der Waals surface area contributed by atoms with Gasteiger partial charge >= 0.3 is 11.9 Å². The van der Waals surface area contributed by atoms with E-state index in [1.165, 1.54) is 31.2 Å². The predicted molar refractivity (Wildman–Crippen MR) is 106 cm³/mol. The minimum Gasteiger partial charge on any atom is -0.480 e. The van der Waals surface area contributed by atoms with Crippen LogP contribution in [0.2, 0.25) is 0 Å². The molecule has 2 saturated heterocycles. The minimum atomic E-state index is -4.05. The van der Waals surface area contributed by atoms with E-state index in [9.17, 15) is 38.0 Å². The topological polar surface area (TPSA) is 192 Å². The summed E-state index contributed by atoms with van der Waals surface area (Å²) in [4.78, 5) is 46.9. The zero-order valence-corrected chi connectivity index (χ0v) is 17.8. The van der Waals surface area contributed by atoms with E-state index in [0.717, 1.165) is 15.8 Å². The first-order valence-corrected chi connectivity index (χ1v) is 11.1. The summed E-state index contributed by atoms with van der Waals surface area (Å²) in [6.07, 6.45) is 0.842. The Hall–Kier alpha value is -3.88. The molecule has 1 aromatic heterocycles. The number of hydrogen-bond donors (Lipinski definition) is 1. The van der Waals surface area contributed by atoms with Crippen LogP contribution in [-0.2, 0) is 37.3 Å². The Balaban J connectivity index is 1.47. The number of aliphatic carboxylic acids is 1. The molecule has 2 aromatic rings. The van der Waals surface area contributed by atoms with Crippen LogP contribution in [0.1, 0.15) is 29.4 Å². The lowest BCUT2D eigenvalue weighted by Crippen LogP contribution is -2.58. The Morgan fingerprint density at radius 3 is 2.58 bits per heavy atom. The van der Waals surface area contributed by atoms with E-state index >= 15 is 0 Å². The van der Waals surface area contributed by atoms with Crippen molar-refractivity contribution in [2.75, 3.05) is 0 Å². The molecule has 174 valence electrons. The number of ether oxygens (including phenoxy) is 1. The third-order valence-electron chi connectivity index (χ3n) is 5.79. The molecule has 33 heavy (non-hydrogen) atoms. The SMILES string of the molecule is C[C@]1(Cn2cc(C(=O)OCc3ccc([N+](=O)[O-])cc3)nn2)[C@H](C(=O)O)N2C(=O)C[C@@H]2S1(=O)=O. The third kappa shape index (κ3) is 3.49. The quantitative estimate of drug-likeness (QED) is 0.238. The van der Waals surface area contributed by atoms with Crippen molar-refractivity contribution in [2.24, 2.45) is 0 Å². The fraction of sp³-hybridized carbons (Fsp3) is 0.389. The molecule has 15 heteroatoms. The smallest absolute Gasteiger partial charge is 0.360 e. The number of carboxylic acids is 1. The molecular weight excluding hydrogens is 462 g/mol. The van der Waals surface area contributed by atoms with E-state index in [-0.39, 0.29) is 24.4 Å². The minimum absolute atomic E-state index is 0.116. The van der Waals surface area contributed by atoms with Crippen molar-refractivity contribution in [3.8, 4) is 0 Å². The second-order valence-electron chi connectivity index (χ2n) is 7.86. The summed E-state index contributed by atoms with van der Waals surface area (Å²) < 4.78 is 30.1. The molecule has 0 saturated carbocycles. The summed E-state index contributed by atoms with van der Waals surface area (Å²) in [5.74, 6) is -2.90. The molecule has 2 aliphatic rings. The molecule has 3 heterocycles. The van der Waals surface area contributed by atoms with Crippen molar-refractivity contribution in [3.05, 3.63) is 51.8 Å². The molecule has 1 amide bonds. The fourth-order valence-corrected chi connectivity index (χ4v) is 6.38. The lowest BCUT2D eigenvalue weighted by Gasteiger charge is -2.35. The standard InChI is InChI=1S/C18H17N5O9S/c1-18(15(16(25)26)22-13(24)6-14(22)33(18,30)31)9-21-7-12(19-20-21)17(27)32-8-10-2-4-11(5-3-10)23(28)29/h2-5,7,14-15H,6,8-9H2,1H3,(H,25,26)/t14-,15-,18-/m0/s1. The molecule has 4 rings (SSSR count). The number of hydrogen-bond acceptors (Lipinski definition) is 10. The van der Waals surface area contributed by atoms with Crippen LogP contribution in [0.3, 0.4) is 0 Å². The number of aromatic nitrogens is 3. The van der Waals surface area contributed by atoms with Gasteiger partial charge in [0.2, 0.25) is 5.91 Å². The van der Waals surface area contributed by atoms with Gasteiger partial charge in [0.25, 0.3) is 5.69 Å². The van der Waals surface area contributed by atoms with E-state index in [0.29, 0.717) is 5.56 Å². The van der Waals surface area contributed by atoms with Crippen LogP contribution in [-0.4, -0.2) is 72.3 Å². The number of fused-ring (bicyclic) bond motifs is 1. The number of nitro benzene ring substituents is 1. The maximum atomic E-state index is 13.0. The maximum Gasteiger partial charge on any atom is 0.360 e. The van der Waals surface area contributed by atoms with Crippen LogP contribution in [0.4, 0.5) is 5.69 Å². The lowest BCUT2D eigenvalue weighted by atomic mass is 9.96. The van der Waals surface area contributed by atoms with Gasteiger partial charge in [-0.2, -0.15) is 0 Å². The predicted octanol–water partition coefficient (Wildman–Crippen LogP) is -0.258. The molecule has 0 spiro atoms. The average molecular weight is 479 g/mol. The summed E-state index contributed by atoms with van der Waals surface area (Å²) >= 11 is 0. The zero-order valence-electron chi connectivity index (χ0n) is 17.0. The van der Waals surface area contributed by atoms with Crippen molar-refractivity contribution in [2.45, 2.75) is 42.7 Å². The molecule has 14 nitrogen and oxygen atoms in total. The number of non-ortho nitro benzene ring substituents is 1. The lowest BCUT2D eigenvalue weighted by molar-refractivity contribution is -0.384. The molecular formula is C18H17N5O9S. The molecule has 1 aromatic carbocycles. The van der Waals surface area contributed by atoms with Gasteiger partial charge in [0.05, 0.1) is 24.1 Å². The van der Waals surface area contributed by atoms with Crippen LogP contribution in [0.25, 0.3) is 0 Å². The Labute approximate surface area is 185 Å². The number of esters is 1. The van der Waals surface area contributed by atoms with Crippen molar-refractivity contribution >= 4 is 33.4 Å². The molecule has 0 aliphatic carbocycles. The van der Waals surface area contributed by atoms with Crippen LogP contribution < -0.4 is 0 Å². The van der Waals surface area contributed by atoms with Gasteiger partial charge in [-0.1, -0.05) is 5.21 Å². The Morgan fingerprint density at radius 2 is 2.00 bits per heavy atom. The molecule has 3 atom stereocenters. The van der Waals surface area contributed by atoms with E-state index < -0.39 is 55.3 Å². The number of rotatable bonds is 7. The van der Waals surface area contributed by atoms with Crippen LogP contribution in [0.15, 0.2) is 30.5 Å². The van der Waals surface area contributed by atoms with Gasteiger partial charge in [0.1, 0.15) is 16.7 Å². The normalized spacial score (nSPS) is 25.2. The van der Waals surface area contributed by atoms with Gasteiger partial charge in [0.15, 0.2) is 21.6 Å². The van der Waals surface area contributed by atoms with Crippen molar-refractivity contribution in [1.29, 1.82) is 0 Å². The highest BCUT2D eigenvalue weighted by Gasteiger charge is 2.70. The number of amides is 1. The Kier molecular flexibility index (Phi) is 5.15. The Bertz CT molecular complexity index is 1270. The first-order valence-electron chi connectivity index (χ1n) is 9.54. The largest absolute Gasteiger partial charge is 0.480 e. The fourth-order valence-electron chi connectivity index (χ4n) is 4.02. The molecule has 0 radical (unpaired) electrons. The monoisotopic (exact) mass is 479 g/mol. The van der Waals surface area contributed by atoms with Crippen LogP contribution >= 0.6 is 0 Å². The number of β-lactam (4-membered cyclic amide) rings is 1. The van der Waals surface area contributed by atoms with Crippen LogP contribution in [0.5, 0.6) is 0 Å². The van der Waals surface area contributed by atoms with Gasteiger partial charge in [-0.05, 0) is 24.6 Å². The number of carbonyl (C=O) groups excluding carboxylic acids is 2. The maximum absolute atomic E-state index is 13.0. The van der Waals surface area contributed by atoms with Crippen LogP contribution in [0, 0.1) is 10.1 Å². The van der Waals surface area contributed by atoms with Gasteiger partial charge in [-0.15, -0.1) is 5.10 Å². The summed E-state index contributed by atoms with van der Waals surface area (Å²) in [7, 11) is -4.05. The van der Waals surface area contributed by atoms with Crippen molar-refractivity contribution in [3.63, 3.8) is 0 Å². The summed E-state index contributed by atoms with van der Waals surface area (Å²) in [6, 6.07) is 3.76. The summed E-state index contributed by atoms with van der Waals surface area (Å²) in [6.45, 7) is 0.575. The van der Waals surface area contributed by atoms with Gasteiger partial charge in [-0.25, -0.2) is 22.7 Å². The van der Waals surface area contributed by atoms with Gasteiger partial charge in [0, 0.05) is 12.1 Å².